The van der Waals surface area contributed by atoms with Crippen LogP contribution in [0.1, 0.15) is 49.9 Å². The zero-order valence-electron chi connectivity index (χ0n) is 21.7. The number of hydrogen-bond donors (Lipinski definition) is 1. The zero-order valence-corrected chi connectivity index (χ0v) is 21.7. The molecule has 0 aliphatic heterocycles. The standard InChI is InChI=1S/C30H32N2O5/c1-5-35-28(33)17-26-14-21(18-31)12-13-27(26)36-20-23-9-7-11-25(16-23)24-10-6-8-22(15-24)19-32-29(34)37-30(2,3)4/h6-16H,5,17,19-20H2,1-4H3,(H,32,34). The van der Waals surface area contributed by atoms with Gasteiger partial charge in [0.05, 0.1) is 24.7 Å². The lowest BCUT2D eigenvalue weighted by atomic mass is 10.0. The maximum atomic E-state index is 12.0. The fraction of sp³-hybridized carbons (Fsp3) is 0.300. The van der Waals surface area contributed by atoms with Gasteiger partial charge in [-0.3, -0.25) is 4.79 Å². The smallest absolute Gasteiger partial charge is 0.407 e. The van der Waals surface area contributed by atoms with E-state index in [0.717, 1.165) is 22.3 Å². The van der Waals surface area contributed by atoms with E-state index in [-0.39, 0.29) is 25.6 Å². The number of rotatable bonds is 9. The van der Waals surface area contributed by atoms with E-state index in [2.05, 4.69) is 11.4 Å². The minimum Gasteiger partial charge on any atom is -0.489 e. The van der Waals surface area contributed by atoms with E-state index in [1.807, 2.05) is 69.3 Å². The quantitative estimate of drug-likeness (QED) is 0.366. The van der Waals surface area contributed by atoms with Crippen LogP contribution in [-0.2, 0) is 33.8 Å². The Balaban J connectivity index is 1.70. The summed E-state index contributed by atoms with van der Waals surface area (Å²) in [5.74, 6) is 0.165. The Bertz CT molecular complexity index is 1290. The molecule has 37 heavy (non-hydrogen) atoms. The van der Waals surface area contributed by atoms with Crippen LogP contribution in [0.2, 0.25) is 0 Å². The Kier molecular flexibility index (Phi) is 9.28. The van der Waals surface area contributed by atoms with E-state index in [1.165, 1.54) is 0 Å². The van der Waals surface area contributed by atoms with Crippen molar-refractivity contribution in [3.05, 3.63) is 89.0 Å². The highest BCUT2D eigenvalue weighted by Crippen LogP contribution is 2.25. The van der Waals surface area contributed by atoms with Crippen molar-refractivity contribution < 1.29 is 23.8 Å². The third kappa shape index (κ3) is 8.69. The molecule has 0 aromatic heterocycles. The summed E-state index contributed by atoms with van der Waals surface area (Å²) in [5.41, 5.74) is 4.42. The maximum absolute atomic E-state index is 12.0. The minimum atomic E-state index is -0.550. The van der Waals surface area contributed by atoms with Crippen LogP contribution in [0.25, 0.3) is 11.1 Å². The molecule has 0 saturated carbocycles. The van der Waals surface area contributed by atoms with Crippen molar-refractivity contribution in [2.24, 2.45) is 0 Å². The molecule has 0 atom stereocenters. The van der Waals surface area contributed by atoms with Crippen LogP contribution in [0.5, 0.6) is 5.75 Å². The first kappa shape index (κ1) is 27.3. The van der Waals surface area contributed by atoms with E-state index in [4.69, 9.17) is 14.2 Å². The SMILES string of the molecule is CCOC(=O)Cc1cc(C#N)ccc1OCc1cccc(-c2cccc(CNC(=O)OC(C)(C)C)c2)c1. The van der Waals surface area contributed by atoms with Gasteiger partial charge in [0.25, 0.3) is 0 Å². The Morgan fingerprint density at radius 3 is 2.27 bits per heavy atom. The zero-order chi connectivity index (χ0) is 26.8. The van der Waals surface area contributed by atoms with Gasteiger partial charge in [0.1, 0.15) is 18.0 Å². The summed E-state index contributed by atoms with van der Waals surface area (Å²) in [6.07, 6.45) is -0.426. The first-order valence-electron chi connectivity index (χ1n) is 12.1. The molecule has 7 heteroatoms. The summed E-state index contributed by atoms with van der Waals surface area (Å²) in [6, 6.07) is 23.0. The van der Waals surface area contributed by atoms with Crippen LogP contribution in [0.3, 0.4) is 0 Å². The van der Waals surface area contributed by atoms with Gasteiger partial charge in [-0.25, -0.2) is 4.79 Å². The second kappa shape index (κ2) is 12.6. The molecule has 0 unspecified atom stereocenters. The number of hydrogen-bond acceptors (Lipinski definition) is 6. The predicted molar refractivity (Wildman–Crippen MR) is 141 cm³/mol. The number of ether oxygens (including phenoxy) is 3. The highest BCUT2D eigenvalue weighted by Gasteiger charge is 2.16. The summed E-state index contributed by atoms with van der Waals surface area (Å²) in [7, 11) is 0. The molecule has 0 aliphatic rings. The van der Waals surface area contributed by atoms with Crippen molar-refractivity contribution >= 4 is 12.1 Å². The first-order chi connectivity index (χ1) is 17.7. The molecule has 0 fully saturated rings. The average Bonchev–Trinajstić information content (AvgIpc) is 2.86. The molecule has 0 spiro atoms. The van der Waals surface area contributed by atoms with Crippen molar-refractivity contribution in [1.82, 2.24) is 5.32 Å². The number of amides is 1. The molecule has 0 radical (unpaired) electrons. The number of carbonyl (C=O) groups is 2. The van der Waals surface area contributed by atoms with Crippen LogP contribution in [0.4, 0.5) is 4.79 Å². The van der Waals surface area contributed by atoms with Gasteiger partial charge in [-0.1, -0.05) is 36.4 Å². The summed E-state index contributed by atoms with van der Waals surface area (Å²) in [4.78, 5) is 24.0. The normalized spacial score (nSPS) is 10.8. The molecule has 3 rings (SSSR count). The molecule has 0 heterocycles. The molecule has 0 aliphatic carbocycles. The largest absolute Gasteiger partial charge is 0.489 e. The number of nitrogens with one attached hydrogen (secondary N) is 1. The average molecular weight is 501 g/mol. The van der Waals surface area contributed by atoms with Gasteiger partial charge < -0.3 is 19.5 Å². The van der Waals surface area contributed by atoms with Crippen LogP contribution >= 0.6 is 0 Å². The summed E-state index contributed by atoms with van der Waals surface area (Å²) in [5, 5.41) is 12.0. The highest BCUT2D eigenvalue weighted by atomic mass is 16.6. The fourth-order valence-electron chi connectivity index (χ4n) is 3.65. The van der Waals surface area contributed by atoms with Crippen LogP contribution in [0, 0.1) is 11.3 Å². The van der Waals surface area contributed by atoms with Crippen LogP contribution < -0.4 is 10.1 Å². The molecule has 7 nitrogen and oxygen atoms in total. The minimum absolute atomic E-state index is 0.0306. The maximum Gasteiger partial charge on any atom is 0.407 e. The van der Waals surface area contributed by atoms with Crippen molar-refractivity contribution in [2.75, 3.05) is 6.61 Å². The molecule has 3 aromatic carbocycles. The lowest BCUT2D eigenvalue weighted by Crippen LogP contribution is -2.32. The predicted octanol–water partition coefficient (Wildman–Crippen LogP) is 5.93. The topological polar surface area (TPSA) is 97.7 Å². The van der Waals surface area contributed by atoms with Gasteiger partial charge in [0.2, 0.25) is 0 Å². The molecule has 0 bridgehead atoms. The van der Waals surface area contributed by atoms with Gasteiger partial charge in [-0.2, -0.15) is 5.26 Å². The highest BCUT2D eigenvalue weighted by molar-refractivity contribution is 5.74. The molecule has 1 amide bonds. The summed E-state index contributed by atoms with van der Waals surface area (Å²) in [6.45, 7) is 8.16. The fourth-order valence-corrected chi connectivity index (χ4v) is 3.65. The summed E-state index contributed by atoms with van der Waals surface area (Å²) < 4.78 is 16.4. The third-order valence-corrected chi connectivity index (χ3v) is 5.25. The third-order valence-electron chi connectivity index (χ3n) is 5.25. The molecule has 1 N–H and O–H groups in total. The molecule has 0 saturated heterocycles. The monoisotopic (exact) mass is 500 g/mol. The van der Waals surface area contributed by atoms with Gasteiger partial charge in [0, 0.05) is 12.1 Å². The first-order valence-corrected chi connectivity index (χ1v) is 12.1. The lowest BCUT2D eigenvalue weighted by Gasteiger charge is -2.19. The van der Waals surface area contributed by atoms with Crippen molar-refractivity contribution in [3.63, 3.8) is 0 Å². The lowest BCUT2D eigenvalue weighted by molar-refractivity contribution is -0.142. The summed E-state index contributed by atoms with van der Waals surface area (Å²) >= 11 is 0. The van der Waals surface area contributed by atoms with E-state index in [9.17, 15) is 14.9 Å². The Hall–Kier alpha value is -4.31. The second-order valence-electron chi connectivity index (χ2n) is 9.46. The van der Waals surface area contributed by atoms with Gasteiger partial charge in [0.15, 0.2) is 0 Å². The molecule has 192 valence electrons. The van der Waals surface area contributed by atoms with Crippen LogP contribution in [0.15, 0.2) is 66.7 Å². The van der Waals surface area contributed by atoms with E-state index >= 15 is 0 Å². The Morgan fingerprint density at radius 2 is 1.62 bits per heavy atom. The van der Waals surface area contributed by atoms with Gasteiger partial charge in [-0.05, 0) is 80.3 Å². The molecule has 3 aromatic rings. The van der Waals surface area contributed by atoms with E-state index in [0.29, 0.717) is 23.4 Å². The number of alkyl carbamates (subject to hydrolysis) is 1. The number of benzene rings is 3. The second-order valence-corrected chi connectivity index (χ2v) is 9.46. The van der Waals surface area contributed by atoms with E-state index < -0.39 is 11.7 Å². The Labute approximate surface area is 218 Å². The number of nitrogens with zero attached hydrogens (tertiary/aromatic N) is 1. The van der Waals surface area contributed by atoms with E-state index in [1.54, 1.807) is 25.1 Å². The molecular weight excluding hydrogens is 468 g/mol. The van der Waals surface area contributed by atoms with Crippen molar-refractivity contribution in [1.29, 1.82) is 5.26 Å². The van der Waals surface area contributed by atoms with Crippen molar-refractivity contribution in [3.8, 4) is 22.9 Å². The van der Waals surface area contributed by atoms with Crippen LogP contribution in [-0.4, -0.2) is 24.3 Å². The van der Waals surface area contributed by atoms with Gasteiger partial charge in [-0.15, -0.1) is 0 Å². The molecular formula is C30H32N2O5. The number of nitriles is 1. The van der Waals surface area contributed by atoms with Crippen molar-refractivity contribution in [2.45, 2.75) is 52.9 Å². The number of carbonyl (C=O) groups excluding carboxylic acids is 2. The Morgan fingerprint density at radius 1 is 0.946 bits per heavy atom. The van der Waals surface area contributed by atoms with Gasteiger partial charge >= 0.3 is 12.1 Å². The number of esters is 1.